The molecule has 10 heteroatoms. The highest BCUT2D eigenvalue weighted by atomic mass is 32.2. The van der Waals surface area contributed by atoms with E-state index in [-0.39, 0.29) is 23.1 Å². The summed E-state index contributed by atoms with van der Waals surface area (Å²) in [6.45, 7) is 4.63. The van der Waals surface area contributed by atoms with Crippen molar-refractivity contribution in [2.45, 2.75) is 24.0 Å². The number of hydrogen-bond acceptors (Lipinski definition) is 7. The van der Waals surface area contributed by atoms with Crippen LogP contribution in [0.3, 0.4) is 0 Å². The van der Waals surface area contributed by atoms with Gasteiger partial charge in [0.2, 0.25) is 15.9 Å². The normalized spacial score (nSPS) is 11.7. The van der Waals surface area contributed by atoms with Gasteiger partial charge in [0.1, 0.15) is 0 Å². The second kappa shape index (κ2) is 10.1. The number of ether oxygens (including phenoxy) is 1. The largest absolute Gasteiger partial charge is 0.490 e. The molecule has 1 heterocycles. The molecule has 1 aromatic heterocycles. The average molecular weight is 452 g/mol. The Balaban J connectivity index is 1.64. The van der Waals surface area contributed by atoms with E-state index >= 15 is 0 Å². The maximum atomic E-state index is 13.5. The molecule has 0 aliphatic heterocycles. The summed E-state index contributed by atoms with van der Waals surface area (Å²) in [5.74, 6) is 0.480. The topological polar surface area (TPSA) is 85.5 Å². The zero-order valence-electron chi connectivity index (χ0n) is 16.6. The van der Waals surface area contributed by atoms with Crippen LogP contribution in [-0.4, -0.2) is 48.4 Å². The van der Waals surface area contributed by atoms with Crippen molar-refractivity contribution in [2.24, 2.45) is 0 Å². The second-order valence-electron chi connectivity index (χ2n) is 6.12. The summed E-state index contributed by atoms with van der Waals surface area (Å²) < 4.78 is 51.4. The van der Waals surface area contributed by atoms with Crippen LogP contribution in [0.15, 0.2) is 63.1 Å². The SMILES string of the molecule is CCN(CC)S(=O)(=O)c1cccc(-c2nnc(SCCOc3ccccc3F)o2)c1. The van der Waals surface area contributed by atoms with Crippen LogP contribution in [0.2, 0.25) is 0 Å². The number of para-hydroxylation sites is 1. The van der Waals surface area contributed by atoms with Gasteiger partial charge in [-0.1, -0.05) is 43.8 Å². The highest BCUT2D eigenvalue weighted by Crippen LogP contribution is 2.26. The molecule has 0 unspecified atom stereocenters. The molecule has 0 aliphatic rings. The summed E-state index contributed by atoms with van der Waals surface area (Å²) in [7, 11) is -3.58. The molecule has 0 bridgehead atoms. The number of thioether (sulfide) groups is 1. The highest BCUT2D eigenvalue weighted by molar-refractivity contribution is 7.99. The first-order chi connectivity index (χ1) is 14.5. The average Bonchev–Trinajstić information content (AvgIpc) is 3.22. The van der Waals surface area contributed by atoms with Gasteiger partial charge < -0.3 is 9.15 Å². The van der Waals surface area contributed by atoms with E-state index in [2.05, 4.69) is 10.2 Å². The van der Waals surface area contributed by atoms with E-state index in [0.717, 1.165) is 0 Å². The molecule has 0 N–H and O–H groups in total. The Kier molecular flexibility index (Phi) is 7.46. The summed E-state index contributed by atoms with van der Waals surface area (Å²) in [4.78, 5) is 0.175. The van der Waals surface area contributed by atoms with Crippen molar-refractivity contribution in [3.05, 3.63) is 54.3 Å². The van der Waals surface area contributed by atoms with Crippen LogP contribution in [0, 0.1) is 5.82 Å². The number of rotatable bonds is 10. The van der Waals surface area contributed by atoms with Gasteiger partial charge in [0.05, 0.1) is 11.5 Å². The Morgan fingerprint density at radius 2 is 1.87 bits per heavy atom. The molecule has 0 atom stereocenters. The van der Waals surface area contributed by atoms with E-state index in [1.54, 1.807) is 50.2 Å². The summed E-state index contributed by atoms with van der Waals surface area (Å²) in [5, 5.41) is 8.29. The van der Waals surface area contributed by atoms with Crippen LogP contribution in [0.4, 0.5) is 4.39 Å². The molecule has 3 aromatic rings. The van der Waals surface area contributed by atoms with Gasteiger partial charge in [0.25, 0.3) is 5.22 Å². The van der Waals surface area contributed by atoms with Crippen LogP contribution in [0.1, 0.15) is 13.8 Å². The lowest BCUT2D eigenvalue weighted by molar-refractivity contribution is 0.324. The first kappa shape index (κ1) is 22.3. The molecule has 3 rings (SSSR count). The van der Waals surface area contributed by atoms with Crippen molar-refractivity contribution in [1.29, 1.82) is 0 Å². The second-order valence-corrected chi connectivity index (χ2v) is 9.10. The predicted octanol–water partition coefficient (Wildman–Crippen LogP) is 4.08. The fraction of sp³-hybridized carbons (Fsp3) is 0.300. The molecule has 7 nitrogen and oxygen atoms in total. The third-order valence-corrected chi connectivity index (χ3v) is 7.06. The van der Waals surface area contributed by atoms with E-state index in [1.165, 1.54) is 28.2 Å². The van der Waals surface area contributed by atoms with Gasteiger partial charge >= 0.3 is 0 Å². The summed E-state index contributed by atoms with van der Waals surface area (Å²) >= 11 is 1.27. The molecule has 0 aliphatic carbocycles. The van der Waals surface area contributed by atoms with Gasteiger partial charge in [-0.3, -0.25) is 0 Å². The van der Waals surface area contributed by atoms with Crippen molar-refractivity contribution < 1.29 is 22.0 Å². The van der Waals surface area contributed by atoms with Crippen LogP contribution >= 0.6 is 11.8 Å². The Morgan fingerprint density at radius 3 is 2.60 bits per heavy atom. The lowest BCUT2D eigenvalue weighted by Crippen LogP contribution is -2.30. The number of aromatic nitrogens is 2. The Morgan fingerprint density at radius 1 is 1.10 bits per heavy atom. The van der Waals surface area contributed by atoms with Crippen molar-refractivity contribution in [3.63, 3.8) is 0 Å². The molecule has 0 saturated carbocycles. The number of benzene rings is 2. The minimum absolute atomic E-state index is 0.175. The van der Waals surface area contributed by atoms with E-state index in [9.17, 15) is 12.8 Å². The van der Waals surface area contributed by atoms with Crippen LogP contribution in [0.5, 0.6) is 5.75 Å². The fourth-order valence-corrected chi connectivity index (χ4v) is 4.81. The van der Waals surface area contributed by atoms with E-state index in [0.29, 0.717) is 29.6 Å². The molecule has 30 heavy (non-hydrogen) atoms. The molecule has 0 fully saturated rings. The van der Waals surface area contributed by atoms with Crippen molar-refractivity contribution in [1.82, 2.24) is 14.5 Å². The Labute approximate surface area is 179 Å². The number of sulfonamides is 1. The monoisotopic (exact) mass is 451 g/mol. The van der Waals surface area contributed by atoms with Gasteiger partial charge in [-0.2, -0.15) is 4.31 Å². The zero-order valence-corrected chi connectivity index (χ0v) is 18.2. The van der Waals surface area contributed by atoms with Gasteiger partial charge in [-0.05, 0) is 30.3 Å². The number of hydrogen-bond donors (Lipinski definition) is 0. The van der Waals surface area contributed by atoms with E-state index in [1.807, 2.05) is 0 Å². The number of halogens is 1. The maximum absolute atomic E-state index is 13.5. The van der Waals surface area contributed by atoms with Gasteiger partial charge in [-0.25, -0.2) is 12.8 Å². The zero-order chi connectivity index (χ0) is 21.6. The Hall–Kier alpha value is -2.43. The first-order valence-corrected chi connectivity index (χ1v) is 11.8. The molecule has 0 amide bonds. The molecule has 0 spiro atoms. The predicted molar refractivity (Wildman–Crippen MR) is 112 cm³/mol. The third kappa shape index (κ3) is 5.18. The Bertz CT molecular complexity index is 1080. The lowest BCUT2D eigenvalue weighted by Gasteiger charge is -2.18. The highest BCUT2D eigenvalue weighted by Gasteiger charge is 2.22. The molecule has 0 saturated heterocycles. The van der Waals surface area contributed by atoms with Crippen molar-refractivity contribution in [2.75, 3.05) is 25.4 Å². The van der Waals surface area contributed by atoms with Gasteiger partial charge in [0.15, 0.2) is 11.6 Å². The van der Waals surface area contributed by atoms with Crippen molar-refractivity contribution in [3.8, 4) is 17.2 Å². The summed E-state index contributed by atoms with van der Waals surface area (Å²) in [5.41, 5.74) is 0.519. The molecule has 160 valence electrons. The first-order valence-electron chi connectivity index (χ1n) is 9.40. The van der Waals surface area contributed by atoms with E-state index in [4.69, 9.17) is 9.15 Å². The lowest BCUT2D eigenvalue weighted by atomic mass is 10.2. The molecular formula is C20H22FN3O4S2. The van der Waals surface area contributed by atoms with Gasteiger partial charge in [-0.15, -0.1) is 10.2 Å². The summed E-state index contributed by atoms with van der Waals surface area (Å²) in [6.07, 6.45) is 0. The minimum atomic E-state index is -3.58. The fourth-order valence-electron chi connectivity index (χ4n) is 2.73. The minimum Gasteiger partial charge on any atom is -0.490 e. The third-order valence-electron chi connectivity index (χ3n) is 4.23. The van der Waals surface area contributed by atoms with Crippen LogP contribution < -0.4 is 4.74 Å². The van der Waals surface area contributed by atoms with E-state index < -0.39 is 15.8 Å². The van der Waals surface area contributed by atoms with Crippen LogP contribution in [0.25, 0.3) is 11.5 Å². The maximum Gasteiger partial charge on any atom is 0.276 e. The molecule has 2 aromatic carbocycles. The smallest absolute Gasteiger partial charge is 0.276 e. The molecular weight excluding hydrogens is 429 g/mol. The van der Waals surface area contributed by atoms with Crippen molar-refractivity contribution >= 4 is 21.8 Å². The van der Waals surface area contributed by atoms with Crippen LogP contribution in [-0.2, 0) is 10.0 Å². The number of nitrogens with zero attached hydrogens (tertiary/aromatic N) is 3. The summed E-state index contributed by atoms with van der Waals surface area (Å²) in [6, 6.07) is 12.6. The molecule has 0 radical (unpaired) electrons. The van der Waals surface area contributed by atoms with Gasteiger partial charge in [0, 0.05) is 24.4 Å². The quantitative estimate of drug-likeness (QED) is 0.339. The standard InChI is InChI=1S/C20H22FN3O4S2/c1-3-24(4-2)30(25,26)16-9-7-8-15(14-16)19-22-23-20(28-19)29-13-12-27-18-11-6-5-10-17(18)21/h5-11,14H,3-4,12-13H2,1-2H3.